The maximum Gasteiger partial charge on any atom is 0.170 e. The van der Waals surface area contributed by atoms with E-state index in [0.717, 1.165) is 11.8 Å². The quantitative estimate of drug-likeness (QED) is 0.590. The lowest BCUT2D eigenvalue weighted by Crippen LogP contribution is -2.12. The Kier molecular flexibility index (Phi) is 3.45. The van der Waals surface area contributed by atoms with Gasteiger partial charge in [-0.1, -0.05) is 5.57 Å². The van der Waals surface area contributed by atoms with Gasteiger partial charge in [0.15, 0.2) is 15.6 Å². The van der Waals surface area contributed by atoms with Crippen LogP contribution in [0, 0.1) is 0 Å². The van der Waals surface area contributed by atoms with Crippen LogP contribution in [-0.4, -0.2) is 26.2 Å². The summed E-state index contributed by atoms with van der Waals surface area (Å²) in [5.74, 6) is -0.745. The van der Waals surface area contributed by atoms with Crippen LogP contribution in [-0.2, 0) is 14.6 Å². The number of hydrogen-bond donors (Lipinski definition) is 0. The molecule has 0 saturated carbocycles. The standard InChI is InChI=1S/C7H12O3S/c1-6(2)4-7(8)5-11(3,9)10/h4H,5H2,1-3H3. The molecule has 0 rings (SSSR count). The van der Waals surface area contributed by atoms with Crippen molar-refractivity contribution >= 4 is 15.6 Å². The number of hydrogen-bond acceptors (Lipinski definition) is 3. The van der Waals surface area contributed by atoms with Gasteiger partial charge in [0.1, 0.15) is 5.75 Å². The van der Waals surface area contributed by atoms with E-state index < -0.39 is 15.6 Å². The van der Waals surface area contributed by atoms with Crippen molar-refractivity contribution in [2.75, 3.05) is 12.0 Å². The van der Waals surface area contributed by atoms with E-state index in [1.807, 2.05) is 0 Å². The summed E-state index contributed by atoms with van der Waals surface area (Å²) in [4.78, 5) is 10.8. The van der Waals surface area contributed by atoms with Crippen molar-refractivity contribution in [3.63, 3.8) is 0 Å². The van der Waals surface area contributed by atoms with Crippen molar-refractivity contribution in [3.8, 4) is 0 Å². The highest BCUT2D eigenvalue weighted by Crippen LogP contribution is 1.92. The van der Waals surface area contributed by atoms with Crippen LogP contribution in [0.3, 0.4) is 0 Å². The molecule has 0 aliphatic rings. The molecule has 0 aliphatic heterocycles. The predicted molar refractivity (Wildman–Crippen MR) is 44.1 cm³/mol. The molecular weight excluding hydrogens is 164 g/mol. The first kappa shape index (κ1) is 10.4. The van der Waals surface area contributed by atoms with E-state index in [2.05, 4.69) is 0 Å². The minimum Gasteiger partial charge on any atom is -0.294 e. The predicted octanol–water partition coefficient (Wildman–Crippen LogP) is 0.566. The fourth-order valence-electron chi connectivity index (χ4n) is 0.622. The van der Waals surface area contributed by atoms with Gasteiger partial charge in [0, 0.05) is 6.26 Å². The van der Waals surface area contributed by atoms with Gasteiger partial charge in [-0.2, -0.15) is 0 Å². The van der Waals surface area contributed by atoms with Crippen molar-refractivity contribution in [2.45, 2.75) is 13.8 Å². The van der Waals surface area contributed by atoms with E-state index in [-0.39, 0.29) is 5.78 Å². The fraction of sp³-hybridized carbons (Fsp3) is 0.571. The van der Waals surface area contributed by atoms with Crippen LogP contribution in [0.15, 0.2) is 11.6 Å². The molecule has 0 aromatic heterocycles. The van der Waals surface area contributed by atoms with Crippen molar-refractivity contribution in [3.05, 3.63) is 11.6 Å². The van der Waals surface area contributed by atoms with E-state index in [1.165, 1.54) is 6.08 Å². The molecule has 0 unspecified atom stereocenters. The van der Waals surface area contributed by atoms with Gasteiger partial charge in [0.2, 0.25) is 0 Å². The van der Waals surface area contributed by atoms with E-state index in [0.29, 0.717) is 0 Å². The van der Waals surface area contributed by atoms with Gasteiger partial charge in [-0.05, 0) is 19.9 Å². The molecule has 0 spiro atoms. The Bertz CT molecular complexity index is 268. The summed E-state index contributed by atoms with van der Waals surface area (Å²) in [6.45, 7) is 3.50. The lowest BCUT2D eigenvalue weighted by atomic mass is 10.3. The van der Waals surface area contributed by atoms with Gasteiger partial charge in [-0.25, -0.2) is 8.42 Å². The zero-order chi connectivity index (χ0) is 9.07. The molecule has 0 fully saturated rings. The Morgan fingerprint density at radius 3 is 2.09 bits per heavy atom. The van der Waals surface area contributed by atoms with Crippen LogP contribution in [0.4, 0.5) is 0 Å². The number of carbonyl (C=O) groups is 1. The molecule has 3 nitrogen and oxygen atoms in total. The Morgan fingerprint density at radius 2 is 1.82 bits per heavy atom. The highest BCUT2D eigenvalue weighted by atomic mass is 32.2. The Morgan fingerprint density at radius 1 is 1.36 bits per heavy atom. The van der Waals surface area contributed by atoms with Crippen LogP contribution in [0.2, 0.25) is 0 Å². The van der Waals surface area contributed by atoms with Crippen LogP contribution >= 0.6 is 0 Å². The first-order chi connectivity index (χ1) is 4.81. The average Bonchev–Trinajstić information content (AvgIpc) is 1.53. The largest absolute Gasteiger partial charge is 0.294 e. The maximum atomic E-state index is 10.8. The van der Waals surface area contributed by atoms with E-state index >= 15 is 0 Å². The van der Waals surface area contributed by atoms with E-state index in [4.69, 9.17) is 0 Å². The summed E-state index contributed by atoms with van der Waals surface area (Å²) in [6.07, 6.45) is 2.38. The van der Waals surface area contributed by atoms with Crippen LogP contribution in [0.1, 0.15) is 13.8 Å². The molecule has 0 atom stereocenters. The minimum absolute atomic E-state index is 0.354. The Hall–Kier alpha value is -0.640. The summed E-state index contributed by atoms with van der Waals surface area (Å²) >= 11 is 0. The molecule has 4 heteroatoms. The first-order valence-corrected chi connectivity index (χ1v) is 5.23. The molecule has 0 aromatic carbocycles. The third kappa shape index (κ3) is 7.25. The monoisotopic (exact) mass is 176 g/mol. The third-order valence-electron chi connectivity index (χ3n) is 0.854. The number of ketones is 1. The SMILES string of the molecule is CC(C)=CC(=O)CS(C)(=O)=O. The lowest BCUT2D eigenvalue weighted by Gasteiger charge is -1.92. The lowest BCUT2D eigenvalue weighted by molar-refractivity contribution is -0.112. The Balaban J connectivity index is 4.23. The summed E-state index contributed by atoms with van der Waals surface area (Å²) in [7, 11) is -3.16. The molecule has 11 heavy (non-hydrogen) atoms. The molecule has 0 radical (unpaired) electrons. The molecule has 0 N–H and O–H groups in total. The number of rotatable bonds is 3. The summed E-state index contributed by atoms with van der Waals surface area (Å²) < 4.78 is 21.1. The highest BCUT2D eigenvalue weighted by Gasteiger charge is 2.07. The second kappa shape index (κ2) is 3.67. The van der Waals surface area contributed by atoms with Gasteiger partial charge in [-0.3, -0.25) is 4.79 Å². The number of carbonyl (C=O) groups excluding carboxylic acids is 1. The van der Waals surface area contributed by atoms with Crippen LogP contribution < -0.4 is 0 Å². The number of sulfone groups is 1. The highest BCUT2D eigenvalue weighted by molar-refractivity contribution is 7.91. The summed E-state index contributed by atoms with van der Waals surface area (Å²) in [6, 6.07) is 0. The normalized spacial score (nSPS) is 10.8. The molecule has 0 heterocycles. The van der Waals surface area contributed by atoms with Gasteiger partial charge in [0.25, 0.3) is 0 Å². The van der Waals surface area contributed by atoms with Gasteiger partial charge in [0.05, 0.1) is 0 Å². The summed E-state index contributed by atoms with van der Waals surface area (Å²) in [5.41, 5.74) is 0.818. The molecule has 0 saturated heterocycles. The second-order valence-corrected chi connectivity index (χ2v) is 4.90. The van der Waals surface area contributed by atoms with Crippen molar-refractivity contribution in [2.24, 2.45) is 0 Å². The minimum atomic E-state index is -3.16. The van der Waals surface area contributed by atoms with Crippen molar-refractivity contribution < 1.29 is 13.2 Å². The fourth-order valence-corrected chi connectivity index (χ4v) is 1.22. The van der Waals surface area contributed by atoms with Gasteiger partial charge in [-0.15, -0.1) is 0 Å². The smallest absolute Gasteiger partial charge is 0.170 e. The molecule has 0 bridgehead atoms. The molecule has 64 valence electrons. The Labute approximate surface area is 67.0 Å². The molecule has 0 amide bonds. The zero-order valence-electron chi connectivity index (χ0n) is 6.92. The van der Waals surface area contributed by atoms with Crippen LogP contribution in [0.25, 0.3) is 0 Å². The van der Waals surface area contributed by atoms with Gasteiger partial charge >= 0.3 is 0 Å². The number of allylic oxidation sites excluding steroid dienone is 2. The maximum absolute atomic E-state index is 10.8. The van der Waals surface area contributed by atoms with Crippen molar-refractivity contribution in [1.82, 2.24) is 0 Å². The summed E-state index contributed by atoms with van der Waals surface area (Å²) in [5, 5.41) is 0. The molecular formula is C7H12O3S. The zero-order valence-corrected chi connectivity index (χ0v) is 7.73. The average molecular weight is 176 g/mol. The third-order valence-corrected chi connectivity index (χ3v) is 1.66. The van der Waals surface area contributed by atoms with Gasteiger partial charge < -0.3 is 0 Å². The molecule has 0 aliphatic carbocycles. The van der Waals surface area contributed by atoms with E-state index in [1.54, 1.807) is 13.8 Å². The molecule has 0 aromatic rings. The van der Waals surface area contributed by atoms with Crippen molar-refractivity contribution in [1.29, 1.82) is 0 Å². The first-order valence-electron chi connectivity index (χ1n) is 3.17. The second-order valence-electron chi connectivity index (χ2n) is 2.76. The topological polar surface area (TPSA) is 51.2 Å². The van der Waals surface area contributed by atoms with E-state index in [9.17, 15) is 13.2 Å². The van der Waals surface area contributed by atoms with Crippen LogP contribution in [0.5, 0.6) is 0 Å².